The summed E-state index contributed by atoms with van der Waals surface area (Å²) in [5.41, 5.74) is 5.31. The molecule has 3 rings (SSSR count). The Kier molecular flexibility index (Phi) is 5.44. The molecule has 0 aliphatic heterocycles. The van der Waals surface area contributed by atoms with Crippen molar-refractivity contribution < 1.29 is 4.39 Å². The van der Waals surface area contributed by atoms with Gasteiger partial charge in [-0.25, -0.2) is 4.39 Å². The van der Waals surface area contributed by atoms with Gasteiger partial charge in [-0.3, -0.25) is 0 Å². The molecule has 0 unspecified atom stereocenters. The summed E-state index contributed by atoms with van der Waals surface area (Å²) in [5, 5.41) is 0. The molecule has 0 amide bonds. The molecule has 3 aromatic rings. The first kappa shape index (κ1) is 16.7. The van der Waals surface area contributed by atoms with E-state index in [2.05, 4.69) is 48.3 Å². The molecule has 0 atom stereocenters. The van der Waals surface area contributed by atoms with E-state index in [1.807, 2.05) is 31.2 Å². The second-order valence-electron chi connectivity index (χ2n) is 5.80. The molecule has 0 aromatic heterocycles. The number of halogens is 1. The third kappa shape index (κ3) is 4.68. The van der Waals surface area contributed by atoms with Crippen molar-refractivity contribution in [1.82, 2.24) is 0 Å². The topological polar surface area (TPSA) is 0 Å². The second-order valence-corrected chi connectivity index (χ2v) is 5.80. The van der Waals surface area contributed by atoms with Gasteiger partial charge in [-0.15, -0.1) is 0 Å². The van der Waals surface area contributed by atoms with Crippen molar-refractivity contribution in [2.24, 2.45) is 0 Å². The lowest BCUT2D eigenvalue weighted by Gasteiger charge is -2.01. The van der Waals surface area contributed by atoms with Crippen LogP contribution >= 0.6 is 0 Å². The van der Waals surface area contributed by atoms with Gasteiger partial charge in [-0.05, 0) is 66.4 Å². The second kappa shape index (κ2) is 8.13. The maximum absolute atomic E-state index is 13.0. The van der Waals surface area contributed by atoms with Crippen molar-refractivity contribution in [1.29, 1.82) is 0 Å². The monoisotopic (exact) mass is 326 g/mol. The zero-order valence-corrected chi connectivity index (χ0v) is 14.2. The molecule has 0 saturated carbocycles. The Balaban J connectivity index is 1.71. The van der Waals surface area contributed by atoms with Crippen molar-refractivity contribution in [2.75, 3.05) is 0 Å². The summed E-state index contributed by atoms with van der Waals surface area (Å²) in [4.78, 5) is 0. The van der Waals surface area contributed by atoms with Crippen LogP contribution in [0.25, 0.3) is 11.1 Å². The first-order valence-electron chi connectivity index (χ1n) is 8.33. The van der Waals surface area contributed by atoms with E-state index in [0.29, 0.717) is 0 Å². The Hall–Kier alpha value is -3.11. The van der Waals surface area contributed by atoms with Crippen molar-refractivity contribution >= 4 is 0 Å². The van der Waals surface area contributed by atoms with Gasteiger partial charge in [0.1, 0.15) is 5.82 Å². The number of hydrogen-bond donors (Lipinski definition) is 0. The van der Waals surface area contributed by atoms with E-state index in [-0.39, 0.29) is 5.82 Å². The summed E-state index contributed by atoms with van der Waals surface area (Å²) in [5.74, 6) is 6.16. The maximum Gasteiger partial charge on any atom is 0.123 e. The smallest absolute Gasteiger partial charge is 0.123 e. The molecular weight excluding hydrogens is 307 g/mol. The van der Waals surface area contributed by atoms with Crippen molar-refractivity contribution in [3.8, 4) is 23.0 Å². The third-order valence-corrected chi connectivity index (χ3v) is 3.96. The van der Waals surface area contributed by atoms with Crippen LogP contribution in [0.15, 0.2) is 84.9 Å². The van der Waals surface area contributed by atoms with E-state index in [1.54, 1.807) is 12.1 Å². The Morgan fingerprint density at radius 3 is 1.72 bits per heavy atom. The Morgan fingerprint density at radius 1 is 0.720 bits per heavy atom. The summed E-state index contributed by atoms with van der Waals surface area (Å²) in [7, 11) is 0. The molecule has 25 heavy (non-hydrogen) atoms. The predicted molar refractivity (Wildman–Crippen MR) is 103 cm³/mol. The Bertz CT molecular complexity index is 903. The van der Waals surface area contributed by atoms with Gasteiger partial charge in [-0.1, -0.05) is 60.4 Å². The minimum atomic E-state index is -0.219. The minimum absolute atomic E-state index is 0.219. The van der Waals surface area contributed by atoms with Gasteiger partial charge >= 0.3 is 0 Å². The molecular formula is C24H19F. The van der Waals surface area contributed by atoms with Crippen LogP contribution in [-0.2, 0) is 6.42 Å². The lowest BCUT2D eigenvalue weighted by atomic mass is 10.0. The number of allylic oxidation sites excluding steroid dienone is 2. The molecule has 0 saturated heterocycles. The van der Waals surface area contributed by atoms with E-state index in [1.165, 1.54) is 17.7 Å². The minimum Gasteiger partial charge on any atom is -0.207 e. The molecule has 0 heterocycles. The van der Waals surface area contributed by atoms with Gasteiger partial charge in [0.15, 0.2) is 0 Å². The fraction of sp³-hybridized carbons (Fsp3) is 0.0833. The average molecular weight is 326 g/mol. The van der Waals surface area contributed by atoms with E-state index < -0.39 is 0 Å². The Morgan fingerprint density at radius 2 is 1.20 bits per heavy atom. The largest absolute Gasteiger partial charge is 0.207 e. The first-order chi connectivity index (χ1) is 12.2. The van der Waals surface area contributed by atoms with Gasteiger partial charge in [0, 0.05) is 11.1 Å². The molecule has 0 aliphatic rings. The molecule has 1 heteroatoms. The number of hydrogen-bond acceptors (Lipinski definition) is 0. The molecule has 0 bridgehead atoms. The lowest BCUT2D eigenvalue weighted by Crippen LogP contribution is -1.82. The summed E-state index contributed by atoms with van der Waals surface area (Å²) < 4.78 is 13.0. The van der Waals surface area contributed by atoms with Crippen LogP contribution in [0, 0.1) is 17.7 Å². The van der Waals surface area contributed by atoms with Crippen LogP contribution in [0.2, 0.25) is 0 Å². The van der Waals surface area contributed by atoms with Crippen LogP contribution in [0.1, 0.15) is 23.6 Å². The molecule has 0 spiro atoms. The van der Waals surface area contributed by atoms with E-state index >= 15 is 0 Å². The maximum atomic E-state index is 13.0. The van der Waals surface area contributed by atoms with E-state index in [9.17, 15) is 4.39 Å². The number of benzene rings is 3. The summed E-state index contributed by atoms with van der Waals surface area (Å²) in [6, 6.07) is 22.9. The fourth-order valence-corrected chi connectivity index (χ4v) is 2.51. The van der Waals surface area contributed by atoms with Crippen molar-refractivity contribution in [3.05, 3.63) is 107 Å². The van der Waals surface area contributed by atoms with Crippen LogP contribution in [0.5, 0.6) is 0 Å². The molecule has 3 aromatic carbocycles. The van der Waals surface area contributed by atoms with Crippen LogP contribution in [0.4, 0.5) is 4.39 Å². The summed E-state index contributed by atoms with van der Waals surface area (Å²) in [6.45, 7) is 2.03. The highest BCUT2D eigenvalue weighted by atomic mass is 19.1. The first-order valence-corrected chi connectivity index (χ1v) is 8.33. The fourth-order valence-electron chi connectivity index (χ4n) is 2.51. The molecule has 0 N–H and O–H groups in total. The highest BCUT2D eigenvalue weighted by molar-refractivity contribution is 5.64. The zero-order chi connectivity index (χ0) is 17.5. The predicted octanol–water partition coefficient (Wildman–Crippen LogP) is 6.01. The summed E-state index contributed by atoms with van der Waals surface area (Å²) >= 11 is 0. The third-order valence-electron chi connectivity index (χ3n) is 3.96. The van der Waals surface area contributed by atoms with Gasteiger partial charge in [0.2, 0.25) is 0 Å². The van der Waals surface area contributed by atoms with Crippen LogP contribution < -0.4 is 0 Å². The van der Waals surface area contributed by atoms with Crippen molar-refractivity contribution in [2.45, 2.75) is 13.3 Å². The molecule has 0 aliphatic carbocycles. The van der Waals surface area contributed by atoms with Gasteiger partial charge in [-0.2, -0.15) is 0 Å². The quantitative estimate of drug-likeness (QED) is 0.408. The molecule has 122 valence electrons. The summed E-state index contributed by atoms with van der Waals surface area (Å²) in [6.07, 6.45) is 5.15. The average Bonchev–Trinajstić information content (AvgIpc) is 2.67. The highest BCUT2D eigenvalue weighted by Gasteiger charge is 1.98. The number of rotatable bonds is 3. The van der Waals surface area contributed by atoms with Gasteiger partial charge in [0.25, 0.3) is 0 Å². The van der Waals surface area contributed by atoms with E-state index in [0.717, 1.165) is 28.7 Å². The van der Waals surface area contributed by atoms with Gasteiger partial charge < -0.3 is 0 Å². The molecule has 0 nitrogen and oxygen atoms in total. The lowest BCUT2D eigenvalue weighted by molar-refractivity contribution is 0.628. The Labute approximate surface area is 148 Å². The van der Waals surface area contributed by atoms with Crippen LogP contribution in [0.3, 0.4) is 0 Å². The zero-order valence-electron chi connectivity index (χ0n) is 14.2. The van der Waals surface area contributed by atoms with Crippen molar-refractivity contribution in [3.63, 3.8) is 0 Å². The van der Waals surface area contributed by atoms with Gasteiger partial charge in [0.05, 0.1) is 0 Å². The SMILES string of the molecule is CC=CCc1ccc(C#Cc2ccc(-c3ccc(F)cc3)cc2)cc1. The molecule has 0 radical (unpaired) electrons. The van der Waals surface area contributed by atoms with E-state index in [4.69, 9.17) is 0 Å². The van der Waals surface area contributed by atoms with Crippen LogP contribution in [-0.4, -0.2) is 0 Å². The molecule has 0 fully saturated rings. The highest BCUT2D eigenvalue weighted by Crippen LogP contribution is 2.20. The standard InChI is InChI=1S/C24H19F/c1-2-3-4-19-5-7-20(8-6-19)9-10-21-11-13-22(14-12-21)23-15-17-24(25)18-16-23/h2-3,5-8,11-18H,4H2,1H3. The normalized spacial score (nSPS) is 10.5.